The molecule has 4 aromatic rings. The van der Waals surface area contributed by atoms with Gasteiger partial charge in [0.05, 0.1) is 8.96 Å². The van der Waals surface area contributed by atoms with Gasteiger partial charge < -0.3 is 10.6 Å². The average Bonchev–Trinajstić information content (AvgIpc) is 2.83. The second-order valence-corrected chi connectivity index (χ2v) is 9.00. The van der Waals surface area contributed by atoms with Crippen LogP contribution in [0.3, 0.4) is 0 Å². The molecule has 5 rings (SSSR count). The number of halogens is 2. The van der Waals surface area contributed by atoms with Crippen molar-refractivity contribution in [3.05, 3.63) is 105 Å². The Hall–Kier alpha value is -3.22. The molecule has 0 heterocycles. The SMILES string of the molecule is O=C1C(Br)=C(Nc2ccc3ccccc3c2)C(=O)C(Br)=C1Nc1ccc2ccccc2c1. The second kappa shape index (κ2) is 8.37. The van der Waals surface area contributed by atoms with Gasteiger partial charge in [0.2, 0.25) is 11.6 Å². The summed E-state index contributed by atoms with van der Waals surface area (Å²) in [6, 6.07) is 27.5. The largest absolute Gasteiger partial charge is 0.351 e. The molecule has 0 bridgehead atoms. The van der Waals surface area contributed by atoms with Gasteiger partial charge in [-0.15, -0.1) is 0 Å². The van der Waals surface area contributed by atoms with Crippen LogP contribution in [0, 0.1) is 0 Å². The smallest absolute Gasteiger partial charge is 0.219 e. The molecule has 2 N–H and O–H groups in total. The summed E-state index contributed by atoms with van der Waals surface area (Å²) in [5.41, 5.74) is 1.84. The van der Waals surface area contributed by atoms with E-state index < -0.39 is 0 Å². The van der Waals surface area contributed by atoms with E-state index in [1.54, 1.807) is 0 Å². The molecule has 0 fully saturated rings. The van der Waals surface area contributed by atoms with Crippen LogP contribution < -0.4 is 10.6 Å². The van der Waals surface area contributed by atoms with E-state index in [9.17, 15) is 9.59 Å². The molecule has 0 saturated carbocycles. The fourth-order valence-electron chi connectivity index (χ4n) is 3.69. The quantitative estimate of drug-likeness (QED) is 0.273. The number of carbonyl (C=O) groups is 2. The summed E-state index contributed by atoms with van der Waals surface area (Å²) in [7, 11) is 0. The van der Waals surface area contributed by atoms with Gasteiger partial charge in [-0.25, -0.2) is 0 Å². The molecular formula is C26H16Br2N2O2. The maximum absolute atomic E-state index is 13.1. The molecule has 156 valence electrons. The molecular weight excluding hydrogens is 532 g/mol. The van der Waals surface area contributed by atoms with E-state index in [1.807, 2.05) is 84.9 Å². The summed E-state index contributed by atoms with van der Waals surface area (Å²) in [6.07, 6.45) is 0. The van der Waals surface area contributed by atoms with Gasteiger partial charge in [-0.05, 0) is 77.7 Å². The Morgan fingerprint density at radius 1 is 0.500 bits per heavy atom. The van der Waals surface area contributed by atoms with E-state index in [-0.39, 0.29) is 31.9 Å². The second-order valence-electron chi connectivity index (χ2n) is 7.41. The highest BCUT2D eigenvalue weighted by atomic mass is 79.9. The first-order chi connectivity index (χ1) is 15.5. The lowest BCUT2D eigenvalue weighted by atomic mass is 10.0. The molecule has 1 aliphatic carbocycles. The van der Waals surface area contributed by atoms with E-state index >= 15 is 0 Å². The normalized spacial score (nSPS) is 14.4. The van der Waals surface area contributed by atoms with Crippen molar-refractivity contribution in [3.8, 4) is 0 Å². The predicted molar refractivity (Wildman–Crippen MR) is 137 cm³/mol. The molecule has 4 nitrogen and oxygen atoms in total. The van der Waals surface area contributed by atoms with Crippen LogP contribution in [0.25, 0.3) is 21.5 Å². The first-order valence-corrected chi connectivity index (χ1v) is 11.5. The van der Waals surface area contributed by atoms with Crippen molar-refractivity contribution in [3.63, 3.8) is 0 Å². The molecule has 0 aromatic heterocycles. The zero-order valence-electron chi connectivity index (χ0n) is 16.7. The summed E-state index contributed by atoms with van der Waals surface area (Å²) in [5.74, 6) is -0.624. The topological polar surface area (TPSA) is 58.2 Å². The maximum Gasteiger partial charge on any atom is 0.219 e. The van der Waals surface area contributed by atoms with Crippen LogP contribution in [0.2, 0.25) is 0 Å². The van der Waals surface area contributed by atoms with Crippen molar-refractivity contribution in [1.29, 1.82) is 0 Å². The molecule has 0 saturated heterocycles. The molecule has 0 spiro atoms. The number of carbonyl (C=O) groups excluding carboxylic acids is 2. The Labute approximate surface area is 201 Å². The number of anilines is 2. The zero-order chi connectivity index (χ0) is 22.2. The Balaban J connectivity index is 1.44. The lowest BCUT2D eigenvalue weighted by molar-refractivity contribution is -0.115. The van der Waals surface area contributed by atoms with Crippen molar-refractivity contribution in [2.45, 2.75) is 0 Å². The zero-order valence-corrected chi connectivity index (χ0v) is 19.8. The molecule has 6 heteroatoms. The van der Waals surface area contributed by atoms with Crippen molar-refractivity contribution in [1.82, 2.24) is 0 Å². The summed E-state index contributed by atoms with van der Waals surface area (Å²) in [6.45, 7) is 0. The number of ketones is 2. The first kappa shape index (κ1) is 20.7. The molecule has 0 radical (unpaired) electrons. The Kier molecular flexibility index (Phi) is 5.41. The number of hydrogen-bond acceptors (Lipinski definition) is 4. The van der Waals surface area contributed by atoms with Gasteiger partial charge in [0, 0.05) is 11.4 Å². The minimum absolute atomic E-state index is 0.183. The fraction of sp³-hybridized carbons (Fsp3) is 0. The number of rotatable bonds is 4. The van der Waals surface area contributed by atoms with Crippen LogP contribution >= 0.6 is 31.9 Å². The molecule has 4 aromatic carbocycles. The van der Waals surface area contributed by atoms with Crippen LogP contribution in [0.4, 0.5) is 11.4 Å². The predicted octanol–water partition coefficient (Wildman–Crippen LogP) is 6.88. The van der Waals surface area contributed by atoms with E-state index in [0.717, 1.165) is 32.9 Å². The lowest BCUT2D eigenvalue weighted by Gasteiger charge is -2.21. The Morgan fingerprint density at radius 2 is 0.875 bits per heavy atom. The number of Topliss-reactive ketones (excluding diaryl/α,β-unsaturated/α-hetero) is 2. The molecule has 0 amide bonds. The van der Waals surface area contributed by atoms with Crippen molar-refractivity contribution >= 4 is 76.3 Å². The molecule has 0 aliphatic heterocycles. The third-order valence-corrected chi connectivity index (χ3v) is 6.84. The van der Waals surface area contributed by atoms with E-state index in [2.05, 4.69) is 42.5 Å². The van der Waals surface area contributed by atoms with Crippen molar-refractivity contribution in [2.75, 3.05) is 10.6 Å². The van der Waals surface area contributed by atoms with Gasteiger partial charge in [-0.3, -0.25) is 9.59 Å². The minimum atomic E-state index is -0.312. The van der Waals surface area contributed by atoms with Crippen LogP contribution in [0.1, 0.15) is 0 Å². The molecule has 32 heavy (non-hydrogen) atoms. The number of benzene rings is 4. The van der Waals surface area contributed by atoms with Gasteiger partial charge in [0.15, 0.2) is 0 Å². The van der Waals surface area contributed by atoms with Crippen molar-refractivity contribution in [2.24, 2.45) is 0 Å². The fourth-order valence-corrected chi connectivity index (χ4v) is 4.65. The van der Waals surface area contributed by atoms with Gasteiger partial charge in [-0.2, -0.15) is 0 Å². The summed E-state index contributed by atoms with van der Waals surface area (Å²) in [5, 5.41) is 10.5. The third kappa shape index (κ3) is 3.76. The maximum atomic E-state index is 13.1. The Morgan fingerprint density at radius 3 is 1.28 bits per heavy atom. The van der Waals surface area contributed by atoms with E-state index in [4.69, 9.17) is 0 Å². The van der Waals surface area contributed by atoms with E-state index in [0.29, 0.717) is 0 Å². The highest BCUT2D eigenvalue weighted by Gasteiger charge is 2.33. The Bertz CT molecular complexity index is 1370. The van der Waals surface area contributed by atoms with Crippen LogP contribution in [0.15, 0.2) is 105 Å². The van der Waals surface area contributed by atoms with Crippen LogP contribution in [-0.2, 0) is 9.59 Å². The van der Waals surface area contributed by atoms with Crippen LogP contribution in [0.5, 0.6) is 0 Å². The summed E-state index contributed by atoms with van der Waals surface area (Å²) in [4.78, 5) is 26.2. The average molecular weight is 548 g/mol. The summed E-state index contributed by atoms with van der Waals surface area (Å²) >= 11 is 6.68. The van der Waals surface area contributed by atoms with Crippen LogP contribution in [-0.4, -0.2) is 11.6 Å². The van der Waals surface area contributed by atoms with Crippen molar-refractivity contribution < 1.29 is 9.59 Å². The number of fused-ring (bicyclic) bond motifs is 2. The highest BCUT2D eigenvalue weighted by Crippen LogP contribution is 2.33. The van der Waals surface area contributed by atoms with Gasteiger partial charge in [-0.1, -0.05) is 60.7 Å². The van der Waals surface area contributed by atoms with Gasteiger partial charge in [0.25, 0.3) is 0 Å². The minimum Gasteiger partial charge on any atom is -0.351 e. The van der Waals surface area contributed by atoms with E-state index in [1.165, 1.54) is 0 Å². The number of hydrogen-bond donors (Lipinski definition) is 2. The number of allylic oxidation sites excluding steroid dienone is 2. The first-order valence-electron chi connectivity index (χ1n) is 9.92. The number of nitrogens with one attached hydrogen (secondary N) is 2. The summed E-state index contributed by atoms with van der Waals surface area (Å²) < 4.78 is 0.365. The highest BCUT2D eigenvalue weighted by molar-refractivity contribution is 9.12. The molecule has 0 unspecified atom stereocenters. The standard InChI is InChI=1S/C26H16Br2N2O2/c27-21-23(29-19-11-9-15-5-1-3-7-17(15)13-19)25(31)22(28)24(26(21)32)30-20-12-10-16-6-2-4-8-18(16)14-20/h1-14,29-30H. The monoisotopic (exact) mass is 546 g/mol. The molecule has 1 aliphatic rings. The van der Waals surface area contributed by atoms with Gasteiger partial charge in [0.1, 0.15) is 11.4 Å². The lowest BCUT2D eigenvalue weighted by Crippen LogP contribution is -2.27. The van der Waals surface area contributed by atoms with Gasteiger partial charge >= 0.3 is 0 Å². The molecule has 0 atom stereocenters. The third-order valence-electron chi connectivity index (χ3n) is 5.33.